The number of anilines is 1. The van der Waals surface area contributed by atoms with Crippen LogP contribution in [0.3, 0.4) is 0 Å². The second-order valence-electron chi connectivity index (χ2n) is 8.61. The van der Waals surface area contributed by atoms with Crippen molar-refractivity contribution in [3.05, 3.63) is 29.8 Å². The van der Waals surface area contributed by atoms with Crippen LogP contribution in [-0.2, 0) is 4.79 Å². The fourth-order valence-corrected chi connectivity index (χ4v) is 5.24. The van der Waals surface area contributed by atoms with Crippen LogP contribution in [0.5, 0.6) is 0 Å². The van der Waals surface area contributed by atoms with Gasteiger partial charge in [-0.2, -0.15) is 0 Å². The summed E-state index contributed by atoms with van der Waals surface area (Å²) in [5.41, 5.74) is 1.09. The predicted octanol–water partition coefficient (Wildman–Crippen LogP) is 2.89. The Labute approximate surface area is 148 Å². The lowest BCUT2D eigenvalue weighted by molar-refractivity contribution is -0.140. The molecule has 5 heteroatoms. The highest BCUT2D eigenvalue weighted by atomic mass is 16.2. The van der Waals surface area contributed by atoms with Gasteiger partial charge in [0.1, 0.15) is 5.66 Å². The summed E-state index contributed by atoms with van der Waals surface area (Å²) in [5, 5.41) is 9.99. The van der Waals surface area contributed by atoms with Gasteiger partial charge < -0.3 is 16.0 Å². The highest BCUT2D eigenvalue weighted by Crippen LogP contribution is 2.58. The molecule has 1 aromatic rings. The number of hydrogen-bond donors (Lipinski definition) is 3. The van der Waals surface area contributed by atoms with E-state index < -0.39 is 5.66 Å². The average Bonchev–Trinajstić information content (AvgIpc) is 2.53. The zero-order valence-electron chi connectivity index (χ0n) is 15.2. The molecule has 0 unspecified atom stereocenters. The van der Waals surface area contributed by atoms with E-state index in [4.69, 9.17) is 0 Å². The molecular weight excluding hydrogens is 314 g/mol. The van der Waals surface area contributed by atoms with Gasteiger partial charge in [-0.25, -0.2) is 0 Å². The summed E-state index contributed by atoms with van der Waals surface area (Å²) in [6.07, 6.45) is 3.69. The lowest BCUT2D eigenvalue weighted by atomic mass is 9.51. The molecule has 2 bridgehead atoms. The number of rotatable bonds is 2. The van der Waals surface area contributed by atoms with Gasteiger partial charge >= 0.3 is 0 Å². The smallest absolute Gasteiger partial charge is 0.255 e. The summed E-state index contributed by atoms with van der Waals surface area (Å²) < 4.78 is 0. The number of fused-ring (bicyclic) bond motifs is 3. The van der Waals surface area contributed by atoms with E-state index in [2.05, 4.69) is 22.9 Å². The van der Waals surface area contributed by atoms with Gasteiger partial charge in [0.15, 0.2) is 0 Å². The van der Waals surface area contributed by atoms with Gasteiger partial charge in [0, 0.05) is 23.6 Å². The van der Waals surface area contributed by atoms with Gasteiger partial charge in [0.05, 0.1) is 5.56 Å². The molecule has 5 rings (SSSR count). The maximum atomic E-state index is 12.7. The molecule has 0 aromatic heterocycles. The standard InChI is InChI=1S/C20H27N3O2/c1-12(2)21-18(25)15-10-13-8-9-19(15,3)11-20(13)22-16-7-5-4-6-14(16)17(24)23-20/h4-7,12-13,15,22H,8-11H2,1-3H3,(H,21,25)(H,23,24)/t13-,15+,19-,20+/m1/s1. The molecule has 4 aliphatic rings. The van der Waals surface area contributed by atoms with Crippen molar-refractivity contribution in [1.29, 1.82) is 0 Å². The third kappa shape index (κ3) is 2.52. The maximum absolute atomic E-state index is 12.7. The molecule has 3 aliphatic carbocycles. The molecule has 0 radical (unpaired) electrons. The van der Waals surface area contributed by atoms with Crippen molar-refractivity contribution in [3.63, 3.8) is 0 Å². The topological polar surface area (TPSA) is 70.2 Å². The number of carbonyl (C=O) groups excluding carboxylic acids is 2. The fourth-order valence-electron chi connectivity index (χ4n) is 5.24. The summed E-state index contributed by atoms with van der Waals surface area (Å²) in [7, 11) is 0. The first-order chi connectivity index (χ1) is 11.8. The molecule has 1 spiro atoms. The largest absolute Gasteiger partial charge is 0.362 e. The van der Waals surface area contributed by atoms with Crippen molar-refractivity contribution in [3.8, 4) is 0 Å². The molecule has 1 aliphatic heterocycles. The highest BCUT2D eigenvalue weighted by molar-refractivity contribution is 6.02. The monoisotopic (exact) mass is 341 g/mol. The zero-order valence-corrected chi connectivity index (χ0v) is 15.2. The number of hydrogen-bond acceptors (Lipinski definition) is 3. The molecule has 5 nitrogen and oxygen atoms in total. The number of nitrogens with one attached hydrogen (secondary N) is 3. The normalized spacial score (nSPS) is 35.9. The van der Waals surface area contributed by atoms with E-state index in [1.807, 2.05) is 38.1 Å². The van der Waals surface area contributed by atoms with Crippen molar-refractivity contribution in [2.45, 2.75) is 58.2 Å². The number of amides is 2. The number of para-hydroxylation sites is 1. The van der Waals surface area contributed by atoms with Crippen LogP contribution < -0.4 is 16.0 Å². The first-order valence-corrected chi connectivity index (χ1v) is 9.33. The first kappa shape index (κ1) is 16.4. The minimum atomic E-state index is -0.424. The highest BCUT2D eigenvalue weighted by Gasteiger charge is 2.60. The van der Waals surface area contributed by atoms with Gasteiger partial charge in [0.25, 0.3) is 5.91 Å². The van der Waals surface area contributed by atoms with Crippen molar-refractivity contribution >= 4 is 17.5 Å². The molecule has 3 fully saturated rings. The van der Waals surface area contributed by atoms with E-state index in [9.17, 15) is 9.59 Å². The van der Waals surface area contributed by atoms with Crippen LogP contribution in [0.1, 0.15) is 56.8 Å². The summed E-state index contributed by atoms with van der Waals surface area (Å²) >= 11 is 0. The molecule has 3 N–H and O–H groups in total. The van der Waals surface area contributed by atoms with Crippen molar-refractivity contribution in [1.82, 2.24) is 10.6 Å². The zero-order chi connectivity index (χ0) is 17.8. The Hall–Kier alpha value is -2.04. The van der Waals surface area contributed by atoms with Crippen molar-refractivity contribution in [2.75, 3.05) is 5.32 Å². The third-order valence-electron chi connectivity index (χ3n) is 6.42. The van der Waals surface area contributed by atoms with Crippen LogP contribution in [0.25, 0.3) is 0 Å². The van der Waals surface area contributed by atoms with Gasteiger partial charge in [-0.3, -0.25) is 9.59 Å². The molecule has 1 heterocycles. The predicted molar refractivity (Wildman–Crippen MR) is 97.1 cm³/mol. The van der Waals surface area contributed by atoms with E-state index >= 15 is 0 Å². The van der Waals surface area contributed by atoms with Gasteiger partial charge in [0.2, 0.25) is 5.91 Å². The summed E-state index contributed by atoms with van der Waals surface area (Å²) in [4.78, 5) is 25.4. The lowest BCUT2D eigenvalue weighted by Crippen LogP contribution is -2.70. The van der Waals surface area contributed by atoms with Crippen molar-refractivity contribution in [2.24, 2.45) is 17.3 Å². The second kappa shape index (κ2) is 5.48. The molecule has 1 aromatic carbocycles. The Morgan fingerprint density at radius 3 is 2.76 bits per heavy atom. The SMILES string of the molecule is CC(C)NC(=O)[C@@H]1C[C@H]2CC[C@]1(C)C[C@]21NC(=O)c2ccccc2N1. The van der Waals surface area contributed by atoms with E-state index in [1.54, 1.807) is 0 Å². The Bertz CT molecular complexity index is 731. The second-order valence-corrected chi connectivity index (χ2v) is 8.61. The Morgan fingerprint density at radius 1 is 1.28 bits per heavy atom. The average molecular weight is 341 g/mol. The van der Waals surface area contributed by atoms with E-state index in [0.717, 1.165) is 31.4 Å². The molecule has 0 saturated heterocycles. The molecule has 3 saturated carbocycles. The van der Waals surface area contributed by atoms with Crippen LogP contribution in [0, 0.1) is 17.3 Å². The van der Waals surface area contributed by atoms with Crippen LogP contribution >= 0.6 is 0 Å². The number of carbonyl (C=O) groups is 2. The minimum Gasteiger partial charge on any atom is -0.362 e. The van der Waals surface area contributed by atoms with Crippen LogP contribution in [0.15, 0.2) is 24.3 Å². The summed E-state index contributed by atoms with van der Waals surface area (Å²) in [6, 6.07) is 7.83. The van der Waals surface area contributed by atoms with Crippen LogP contribution in [-0.4, -0.2) is 23.5 Å². The van der Waals surface area contributed by atoms with Gasteiger partial charge in [-0.05, 0) is 57.1 Å². The Kier molecular flexibility index (Phi) is 3.60. The Morgan fingerprint density at radius 2 is 2.04 bits per heavy atom. The molecule has 134 valence electrons. The van der Waals surface area contributed by atoms with Crippen molar-refractivity contribution < 1.29 is 9.59 Å². The molecule has 4 atom stereocenters. The lowest BCUT2D eigenvalue weighted by Gasteiger charge is -2.60. The third-order valence-corrected chi connectivity index (χ3v) is 6.42. The minimum absolute atomic E-state index is 0.00585. The van der Waals surface area contributed by atoms with E-state index in [-0.39, 0.29) is 35.1 Å². The van der Waals surface area contributed by atoms with Gasteiger partial charge in [-0.15, -0.1) is 0 Å². The van der Waals surface area contributed by atoms with E-state index in [1.165, 1.54) is 0 Å². The molecule has 25 heavy (non-hydrogen) atoms. The van der Waals surface area contributed by atoms with Crippen LogP contribution in [0.4, 0.5) is 5.69 Å². The van der Waals surface area contributed by atoms with Crippen LogP contribution in [0.2, 0.25) is 0 Å². The quantitative estimate of drug-likeness (QED) is 0.775. The maximum Gasteiger partial charge on any atom is 0.255 e. The summed E-state index contributed by atoms with van der Waals surface area (Å²) in [6.45, 7) is 6.22. The Balaban J connectivity index is 1.64. The first-order valence-electron chi connectivity index (χ1n) is 9.33. The van der Waals surface area contributed by atoms with E-state index in [0.29, 0.717) is 5.56 Å². The van der Waals surface area contributed by atoms with Gasteiger partial charge in [-0.1, -0.05) is 19.1 Å². The molecular formula is C20H27N3O2. The summed E-state index contributed by atoms with van der Waals surface area (Å²) in [5.74, 6) is 0.456. The molecule has 2 amide bonds. The fraction of sp³-hybridized carbons (Fsp3) is 0.600. The number of benzene rings is 1.